The van der Waals surface area contributed by atoms with Crippen molar-refractivity contribution in [3.63, 3.8) is 0 Å². The van der Waals surface area contributed by atoms with Crippen LogP contribution in [0.25, 0.3) is 0 Å². The van der Waals surface area contributed by atoms with E-state index in [1.807, 2.05) is 43.4 Å². The summed E-state index contributed by atoms with van der Waals surface area (Å²) in [5, 5.41) is 0. The van der Waals surface area contributed by atoms with Gasteiger partial charge in [-0.25, -0.2) is 0 Å². The average Bonchev–Trinajstić information content (AvgIpc) is 2.64. The number of carbonyl (C=O) groups excluding carboxylic acids is 1. The van der Waals surface area contributed by atoms with Gasteiger partial charge in [-0.2, -0.15) is 0 Å². The Morgan fingerprint density at radius 3 is 1.73 bits per heavy atom. The van der Waals surface area contributed by atoms with Crippen molar-refractivity contribution in [3.05, 3.63) is 36.5 Å². The molecule has 0 fully saturated rings. The van der Waals surface area contributed by atoms with Gasteiger partial charge in [0.05, 0.1) is 0 Å². The van der Waals surface area contributed by atoms with Gasteiger partial charge in [-0.15, -0.1) is 0 Å². The third-order valence-corrected chi connectivity index (χ3v) is 4.49. The maximum Gasteiger partial charge on any atom is 0.306 e. The molecule has 0 aromatic rings. The van der Waals surface area contributed by atoms with E-state index in [2.05, 4.69) is 6.92 Å². The van der Waals surface area contributed by atoms with Crippen molar-refractivity contribution >= 4 is 5.97 Å². The third-order valence-electron chi connectivity index (χ3n) is 4.49. The molecule has 0 radical (unpaired) electrons. The number of allylic oxidation sites excluding steroid dienone is 5. The van der Waals surface area contributed by atoms with Crippen LogP contribution in [-0.4, -0.2) is 12.6 Å². The van der Waals surface area contributed by atoms with E-state index in [0.29, 0.717) is 13.0 Å². The van der Waals surface area contributed by atoms with Crippen molar-refractivity contribution in [2.75, 3.05) is 6.61 Å². The van der Waals surface area contributed by atoms with Crippen molar-refractivity contribution in [3.8, 4) is 0 Å². The van der Waals surface area contributed by atoms with Crippen LogP contribution in [-0.2, 0) is 9.53 Å². The summed E-state index contributed by atoms with van der Waals surface area (Å²) in [6.07, 6.45) is 29.3. The minimum Gasteiger partial charge on any atom is -0.461 e. The Kier molecular flexibility index (Phi) is 20.6. The highest BCUT2D eigenvalue weighted by molar-refractivity contribution is 5.69. The van der Waals surface area contributed by atoms with E-state index in [-0.39, 0.29) is 5.97 Å². The molecule has 0 amide bonds. The molecule has 0 aromatic heterocycles. The molecule has 0 rings (SSSR count). The molecule has 0 aliphatic rings. The summed E-state index contributed by atoms with van der Waals surface area (Å²) in [7, 11) is 0. The predicted octanol–water partition coefficient (Wildman–Crippen LogP) is 7.70. The predicted molar refractivity (Wildman–Crippen MR) is 114 cm³/mol. The van der Waals surface area contributed by atoms with Gasteiger partial charge in [0.1, 0.15) is 6.61 Å². The normalized spacial score (nSPS) is 11.9. The van der Waals surface area contributed by atoms with E-state index < -0.39 is 0 Å². The van der Waals surface area contributed by atoms with Crippen molar-refractivity contribution < 1.29 is 9.53 Å². The van der Waals surface area contributed by atoms with Crippen LogP contribution in [0.4, 0.5) is 0 Å². The van der Waals surface area contributed by atoms with Gasteiger partial charge in [-0.05, 0) is 19.4 Å². The van der Waals surface area contributed by atoms with Crippen LogP contribution in [0, 0.1) is 0 Å². The molecule has 2 nitrogen and oxygen atoms in total. The zero-order chi connectivity index (χ0) is 19.1. The summed E-state index contributed by atoms with van der Waals surface area (Å²) in [6, 6.07) is 0. The van der Waals surface area contributed by atoms with Crippen molar-refractivity contribution in [2.24, 2.45) is 0 Å². The highest BCUT2D eigenvalue weighted by Crippen LogP contribution is 2.13. The molecule has 0 atom stereocenters. The Labute approximate surface area is 162 Å². The summed E-state index contributed by atoms with van der Waals surface area (Å²) in [5.74, 6) is -0.0739. The molecule has 0 saturated carbocycles. The van der Waals surface area contributed by atoms with Crippen LogP contribution in [0.5, 0.6) is 0 Å². The molecule has 0 aromatic carbocycles. The van der Waals surface area contributed by atoms with Crippen molar-refractivity contribution in [1.29, 1.82) is 0 Å². The van der Waals surface area contributed by atoms with Gasteiger partial charge in [0.2, 0.25) is 0 Å². The fraction of sp³-hybridized carbons (Fsp3) is 0.708. The van der Waals surface area contributed by atoms with Crippen LogP contribution >= 0.6 is 0 Å². The quantitative estimate of drug-likeness (QED) is 0.142. The van der Waals surface area contributed by atoms with Crippen LogP contribution in [0.1, 0.15) is 104 Å². The summed E-state index contributed by atoms with van der Waals surface area (Å²) < 4.78 is 5.18. The van der Waals surface area contributed by atoms with E-state index in [9.17, 15) is 4.79 Å². The molecule has 0 saturated heterocycles. The first-order valence-electron chi connectivity index (χ1n) is 10.9. The lowest BCUT2D eigenvalue weighted by atomic mass is 10.0. The topological polar surface area (TPSA) is 26.3 Å². The fourth-order valence-corrected chi connectivity index (χ4v) is 2.87. The molecule has 0 unspecified atom stereocenters. The summed E-state index contributed by atoms with van der Waals surface area (Å²) in [4.78, 5) is 11.6. The molecule has 0 spiro atoms. The molecule has 26 heavy (non-hydrogen) atoms. The number of unbranched alkanes of at least 4 members (excludes halogenated alkanes) is 12. The molecule has 0 bridgehead atoms. The lowest BCUT2D eigenvalue weighted by Crippen LogP contribution is -2.03. The van der Waals surface area contributed by atoms with Gasteiger partial charge in [-0.1, -0.05) is 114 Å². The molecule has 0 heterocycles. The van der Waals surface area contributed by atoms with Gasteiger partial charge < -0.3 is 4.74 Å². The Morgan fingerprint density at radius 2 is 1.19 bits per heavy atom. The maximum absolute atomic E-state index is 11.6. The first-order valence-corrected chi connectivity index (χ1v) is 10.9. The van der Waals surface area contributed by atoms with E-state index in [1.54, 1.807) is 0 Å². The van der Waals surface area contributed by atoms with E-state index in [4.69, 9.17) is 4.74 Å². The monoisotopic (exact) mass is 362 g/mol. The lowest BCUT2D eigenvalue weighted by molar-refractivity contribution is -0.142. The van der Waals surface area contributed by atoms with Crippen LogP contribution in [0.2, 0.25) is 0 Å². The molecule has 150 valence electrons. The number of ether oxygens (including phenoxy) is 1. The second-order valence-corrected chi connectivity index (χ2v) is 7.01. The molecular formula is C24H42O2. The van der Waals surface area contributed by atoms with Crippen molar-refractivity contribution in [2.45, 2.75) is 104 Å². The lowest BCUT2D eigenvalue weighted by Gasteiger charge is -2.03. The zero-order valence-electron chi connectivity index (χ0n) is 17.4. The Bertz CT molecular complexity index is 380. The third kappa shape index (κ3) is 20.7. The second-order valence-electron chi connectivity index (χ2n) is 7.01. The Morgan fingerprint density at radius 1 is 0.692 bits per heavy atom. The minimum absolute atomic E-state index is 0.0739. The number of carbonyl (C=O) groups is 1. The van der Waals surface area contributed by atoms with Gasteiger partial charge in [0, 0.05) is 6.42 Å². The molecule has 2 heteroatoms. The van der Waals surface area contributed by atoms with E-state index in [0.717, 1.165) is 12.8 Å². The van der Waals surface area contributed by atoms with Crippen LogP contribution in [0.3, 0.4) is 0 Å². The number of hydrogen-bond donors (Lipinski definition) is 0. The first-order chi connectivity index (χ1) is 12.8. The van der Waals surface area contributed by atoms with Crippen molar-refractivity contribution in [1.82, 2.24) is 0 Å². The Hall–Kier alpha value is -1.31. The molecular weight excluding hydrogens is 320 g/mol. The van der Waals surface area contributed by atoms with E-state index >= 15 is 0 Å². The number of esters is 1. The molecule has 0 N–H and O–H groups in total. The van der Waals surface area contributed by atoms with Crippen LogP contribution < -0.4 is 0 Å². The van der Waals surface area contributed by atoms with Gasteiger partial charge in [-0.3, -0.25) is 4.79 Å². The van der Waals surface area contributed by atoms with E-state index in [1.165, 1.54) is 70.6 Å². The largest absolute Gasteiger partial charge is 0.461 e. The Balaban J connectivity index is 3.25. The van der Waals surface area contributed by atoms with Gasteiger partial charge >= 0.3 is 5.97 Å². The minimum atomic E-state index is -0.0739. The molecule has 0 aliphatic carbocycles. The second kappa shape index (κ2) is 21.7. The number of hydrogen-bond acceptors (Lipinski definition) is 2. The summed E-state index contributed by atoms with van der Waals surface area (Å²) in [6.45, 7) is 4.62. The summed E-state index contributed by atoms with van der Waals surface area (Å²) in [5.41, 5.74) is 0. The smallest absolute Gasteiger partial charge is 0.306 e. The summed E-state index contributed by atoms with van der Waals surface area (Å²) >= 11 is 0. The van der Waals surface area contributed by atoms with Crippen LogP contribution in [0.15, 0.2) is 36.5 Å². The maximum atomic E-state index is 11.6. The fourth-order valence-electron chi connectivity index (χ4n) is 2.87. The van der Waals surface area contributed by atoms with Gasteiger partial charge in [0.25, 0.3) is 0 Å². The first kappa shape index (κ1) is 24.7. The number of rotatable bonds is 18. The highest BCUT2D eigenvalue weighted by Gasteiger charge is 2.01. The molecule has 0 aliphatic heterocycles. The average molecular weight is 363 g/mol. The van der Waals surface area contributed by atoms with Gasteiger partial charge in [0.15, 0.2) is 0 Å². The zero-order valence-corrected chi connectivity index (χ0v) is 17.4. The standard InChI is InChI=1S/C24H42O2/c1-3-5-7-9-11-12-13-14-15-16-17-18-20-22-24(25)26-23-21-19-10-8-6-4-2/h4,6,8,10,19,21H,3,5,7,9,11-18,20,22-23H2,1-2H3/b6-4+,10-8+,21-19+. The SMILES string of the molecule is C/C=C/C=C/C=C/COC(=O)CCCCCCCCCCCCCCC. The highest BCUT2D eigenvalue weighted by atomic mass is 16.5.